The van der Waals surface area contributed by atoms with Gasteiger partial charge in [0.1, 0.15) is 5.60 Å². The van der Waals surface area contributed by atoms with E-state index in [1.165, 1.54) is 5.57 Å². The molecule has 0 spiro atoms. The molecule has 6 heteroatoms. The van der Waals surface area contributed by atoms with Gasteiger partial charge in [0, 0.05) is 10.6 Å². The fourth-order valence-electron chi connectivity index (χ4n) is 3.22. The number of benzene rings is 1. The molecule has 1 aromatic rings. The highest BCUT2D eigenvalue weighted by Gasteiger charge is 2.20. The van der Waals surface area contributed by atoms with Crippen LogP contribution in [0.1, 0.15) is 58.6 Å². The van der Waals surface area contributed by atoms with Gasteiger partial charge in [0.15, 0.2) is 0 Å². The largest absolute Gasteiger partial charge is 0.463 e. The average Bonchev–Trinajstić information content (AvgIpc) is 2.67. The van der Waals surface area contributed by atoms with E-state index in [4.69, 9.17) is 21.1 Å². The fourth-order valence-corrected chi connectivity index (χ4v) is 3.47. The Morgan fingerprint density at radius 2 is 1.90 bits per heavy atom. The van der Waals surface area contributed by atoms with Crippen molar-refractivity contribution in [3.63, 3.8) is 0 Å². The third-order valence-corrected chi connectivity index (χ3v) is 4.86. The molecular weight excluding hydrogens is 414 g/mol. The van der Waals surface area contributed by atoms with Gasteiger partial charge in [0.05, 0.1) is 12.6 Å². The maximum absolute atomic E-state index is 12.3. The zero-order valence-electron chi connectivity index (χ0n) is 19.0. The van der Waals surface area contributed by atoms with Crippen LogP contribution in [0.15, 0.2) is 53.1 Å². The van der Waals surface area contributed by atoms with E-state index in [1.54, 1.807) is 40.7 Å². The lowest BCUT2D eigenvalue weighted by atomic mass is 9.95. The third kappa shape index (κ3) is 8.62. The molecule has 2 rings (SSSR count). The molecule has 0 aliphatic heterocycles. The van der Waals surface area contributed by atoms with Crippen molar-refractivity contribution in [3.8, 4) is 0 Å². The van der Waals surface area contributed by atoms with Crippen molar-refractivity contribution < 1.29 is 19.1 Å². The van der Waals surface area contributed by atoms with Gasteiger partial charge in [-0.3, -0.25) is 0 Å². The summed E-state index contributed by atoms with van der Waals surface area (Å²) in [5, 5.41) is 3.62. The summed E-state index contributed by atoms with van der Waals surface area (Å²) in [6.45, 7) is 9.15. The molecule has 0 heterocycles. The SMILES string of the molecule is CCOC(=O)/C(C)=C/[C@@H](Cc1ccc(C2=CC(Cl)=CCC2)cc1)NC(=O)OC(C)(C)C. The Kier molecular flexibility index (Phi) is 8.93. The third-order valence-electron chi connectivity index (χ3n) is 4.60. The minimum Gasteiger partial charge on any atom is -0.463 e. The standard InChI is InChI=1S/C25H32ClNO4/c1-6-30-23(28)17(2)14-22(27-24(29)31-25(3,4)5)15-18-10-12-19(13-11-18)20-8-7-9-21(26)16-20/h9-14,16,22H,6-8,15H2,1-5H3,(H,27,29)/b17-14+/t22-/m0/s1. The molecule has 0 fully saturated rings. The zero-order valence-corrected chi connectivity index (χ0v) is 19.7. The van der Waals surface area contributed by atoms with Crippen LogP contribution in [0.2, 0.25) is 0 Å². The lowest BCUT2D eigenvalue weighted by Crippen LogP contribution is -2.39. The van der Waals surface area contributed by atoms with Crippen LogP contribution in [0.4, 0.5) is 4.79 Å². The van der Waals surface area contributed by atoms with Crippen LogP contribution in [0.5, 0.6) is 0 Å². The number of nitrogens with one attached hydrogen (secondary N) is 1. The minimum atomic E-state index is -0.611. The Labute approximate surface area is 190 Å². The Morgan fingerprint density at radius 3 is 2.48 bits per heavy atom. The highest BCUT2D eigenvalue weighted by Crippen LogP contribution is 2.28. The summed E-state index contributed by atoms with van der Waals surface area (Å²) in [5.74, 6) is -0.400. The van der Waals surface area contributed by atoms with Crippen LogP contribution in [-0.2, 0) is 20.7 Å². The van der Waals surface area contributed by atoms with Crippen molar-refractivity contribution >= 4 is 29.2 Å². The van der Waals surface area contributed by atoms with Gasteiger partial charge >= 0.3 is 12.1 Å². The monoisotopic (exact) mass is 445 g/mol. The predicted octanol–water partition coefficient (Wildman–Crippen LogP) is 5.93. The van der Waals surface area contributed by atoms with Crippen molar-refractivity contribution in [1.82, 2.24) is 5.32 Å². The predicted molar refractivity (Wildman–Crippen MR) is 125 cm³/mol. The van der Waals surface area contributed by atoms with Crippen LogP contribution in [0.25, 0.3) is 5.57 Å². The number of ether oxygens (including phenoxy) is 2. The molecule has 1 aliphatic rings. The van der Waals surface area contributed by atoms with E-state index >= 15 is 0 Å². The van der Waals surface area contributed by atoms with Gasteiger partial charge in [-0.2, -0.15) is 0 Å². The van der Waals surface area contributed by atoms with Crippen LogP contribution in [-0.4, -0.2) is 30.3 Å². The van der Waals surface area contributed by atoms with Crippen LogP contribution in [0, 0.1) is 0 Å². The second-order valence-corrected chi connectivity index (χ2v) is 8.96. The molecule has 1 aliphatic carbocycles. The van der Waals surface area contributed by atoms with Gasteiger partial charge in [-0.15, -0.1) is 0 Å². The number of carbonyl (C=O) groups excluding carboxylic acids is 2. The summed E-state index contributed by atoms with van der Waals surface area (Å²) in [6.07, 6.45) is 7.60. The Balaban J connectivity index is 2.17. The van der Waals surface area contributed by atoms with E-state index in [0.29, 0.717) is 18.6 Å². The lowest BCUT2D eigenvalue weighted by Gasteiger charge is -2.23. The highest BCUT2D eigenvalue weighted by molar-refractivity contribution is 6.31. The molecule has 0 unspecified atom stereocenters. The van der Waals surface area contributed by atoms with Crippen LogP contribution < -0.4 is 5.32 Å². The van der Waals surface area contributed by atoms with Gasteiger partial charge in [0.2, 0.25) is 0 Å². The Hall–Kier alpha value is -2.53. The first kappa shape index (κ1) is 24.7. The smallest absolute Gasteiger partial charge is 0.408 e. The molecule has 0 radical (unpaired) electrons. The summed E-state index contributed by atoms with van der Waals surface area (Å²) < 4.78 is 10.4. The van der Waals surface area contributed by atoms with Gasteiger partial charge in [-0.05, 0) is 76.7 Å². The number of amides is 1. The normalized spacial score (nSPS) is 15.5. The first-order chi connectivity index (χ1) is 14.6. The average molecular weight is 446 g/mol. The number of carbonyl (C=O) groups is 2. The van der Waals surface area contributed by atoms with Gasteiger partial charge in [-0.1, -0.05) is 48.0 Å². The quantitative estimate of drug-likeness (QED) is 0.417. The second-order valence-electron chi connectivity index (χ2n) is 8.52. The number of alkyl carbamates (subject to hydrolysis) is 1. The van der Waals surface area contributed by atoms with Gasteiger partial charge in [0.25, 0.3) is 0 Å². The minimum absolute atomic E-state index is 0.296. The summed E-state index contributed by atoms with van der Waals surface area (Å²) in [7, 11) is 0. The molecule has 0 saturated carbocycles. The second kappa shape index (κ2) is 11.2. The number of halogens is 1. The van der Waals surface area contributed by atoms with Crippen LogP contribution in [0.3, 0.4) is 0 Å². The van der Waals surface area contributed by atoms with Crippen molar-refractivity contribution in [2.45, 2.75) is 65.5 Å². The van der Waals surface area contributed by atoms with E-state index in [9.17, 15) is 9.59 Å². The topological polar surface area (TPSA) is 64.6 Å². The molecule has 168 valence electrons. The van der Waals surface area contributed by atoms with Crippen LogP contribution >= 0.6 is 11.6 Å². The van der Waals surface area contributed by atoms with E-state index in [-0.39, 0.29) is 0 Å². The number of hydrogen-bond acceptors (Lipinski definition) is 4. The molecule has 5 nitrogen and oxygen atoms in total. The van der Waals surface area contributed by atoms with E-state index in [2.05, 4.69) is 17.4 Å². The van der Waals surface area contributed by atoms with Gasteiger partial charge in [-0.25, -0.2) is 9.59 Å². The molecule has 1 N–H and O–H groups in total. The lowest BCUT2D eigenvalue weighted by molar-refractivity contribution is -0.138. The summed E-state index contributed by atoms with van der Waals surface area (Å²) in [4.78, 5) is 24.4. The molecule has 1 atom stereocenters. The van der Waals surface area contributed by atoms with E-state index in [0.717, 1.165) is 29.0 Å². The van der Waals surface area contributed by atoms with Crippen molar-refractivity contribution in [2.75, 3.05) is 6.61 Å². The number of hydrogen-bond donors (Lipinski definition) is 1. The highest BCUT2D eigenvalue weighted by atomic mass is 35.5. The number of esters is 1. The van der Waals surface area contributed by atoms with Crippen molar-refractivity contribution in [1.29, 1.82) is 0 Å². The summed E-state index contributed by atoms with van der Waals surface area (Å²) >= 11 is 6.14. The van der Waals surface area contributed by atoms with Crippen molar-refractivity contribution in [3.05, 3.63) is 64.2 Å². The van der Waals surface area contributed by atoms with E-state index in [1.807, 2.05) is 24.3 Å². The van der Waals surface area contributed by atoms with E-state index < -0.39 is 23.7 Å². The fraction of sp³-hybridized carbons (Fsp3) is 0.440. The first-order valence-electron chi connectivity index (χ1n) is 10.6. The van der Waals surface area contributed by atoms with Crippen molar-refractivity contribution in [2.24, 2.45) is 0 Å². The Bertz CT molecular complexity index is 876. The molecule has 0 aromatic heterocycles. The maximum Gasteiger partial charge on any atom is 0.408 e. The molecule has 0 saturated heterocycles. The first-order valence-corrected chi connectivity index (χ1v) is 11.0. The number of rotatable bonds is 7. The number of allylic oxidation sites excluding steroid dienone is 4. The maximum atomic E-state index is 12.3. The summed E-state index contributed by atoms with van der Waals surface area (Å²) in [6, 6.07) is 7.75. The molecule has 31 heavy (non-hydrogen) atoms. The molecule has 0 bridgehead atoms. The Morgan fingerprint density at radius 1 is 1.23 bits per heavy atom. The molecular formula is C25H32ClNO4. The molecule has 1 amide bonds. The summed E-state index contributed by atoms with van der Waals surface area (Å²) in [5.41, 5.74) is 3.19. The zero-order chi connectivity index (χ0) is 23.0. The molecule has 1 aromatic carbocycles. The van der Waals surface area contributed by atoms with Gasteiger partial charge < -0.3 is 14.8 Å².